The molecule has 76 valence electrons. The number of nitrogens with two attached hydrogens (primary N) is 1. The van der Waals surface area contributed by atoms with Gasteiger partial charge in [0.15, 0.2) is 0 Å². The van der Waals surface area contributed by atoms with Crippen molar-refractivity contribution in [1.29, 1.82) is 0 Å². The van der Waals surface area contributed by atoms with E-state index in [1.807, 2.05) is 18.2 Å². The van der Waals surface area contributed by atoms with Gasteiger partial charge in [0.25, 0.3) is 0 Å². The van der Waals surface area contributed by atoms with Crippen molar-refractivity contribution in [2.75, 3.05) is 0 Å². The highest BCUT2D eigenvalue weighted by atomic mass is 79.9. The highest BCUT2D eigenvalue weighted by Gasteiger charge is 2.34. The van der Waals surface area contributed by atoms with Crippen molar-refractivity contribution in [1.82, 2.24) is 0 Å². The van der Waals surface area contributed by atoms with Crippen LogP contribution in [0.2, 0.25) is 5.02 Å². The molecule has 1 aliphatic carbocycles. The van der Waals surface area contributed by atoms with Crippen LogP contribution in [0.15, 0.2) is 22.7 Å². The second-order valence-corrected chi connectivity index (χ2v) is 5.22. The fourth-order valence-electron chi connectivity index (χ4n) is 2.23. The van der Waals surface area contributed by atoms with E-state index in [1.165, 1.54) is 12.8 Å². The first-order valence-corrected chi connectivity index (χ1v) is 6.04. The zero-order valence-corrected chi connectivity index (χ0v) is 10.2. The van der Waals surface area contributed by atoms with Gasteiger partial charge in [0.1, 0.15) is 0 Å². The Morgan fingerprint density at radius 2 is 1.93 bits per heavy atom. The number of hydrogen-bond donors (Lipinski definition) is 1. The fourth-order valence-corrected chi connectivity index (χ4v) is 3.47. The van der Waals surface area contributed by atoms with E-state index in [1.54, 1.807) is 0 Å². The molecule has 1 saturated carbocycles. The molecule has 0 aromatic heterocycles. The van der Waals surface area contributed by atoms with Gasteiger partial charge in [0.2, 0.25) is 0 Å². The van der Waals surface area contributed by atoms with E-state index in [0.717, 1.165) is 27.9 Å². The highest BCUT2D eigenvalue weighted by Crippen LogP contribution is 2.42. The highest BCUT2D eigenvalue weighted by molar-refractivity contribution is 9.10. The molecule has 1 aromatic rings. The maximum Gasteiger partial charge on any atom is 0.0467 e. The van der Waals surface area contributed by atoms with Crippen LogP contribution in [-0.2, 0) is 5.54 Å². The zero-order valence-electron chi connectivity index (χ0n) is 7.89. The van der Waals surface area contributed by atoms with Crippen LogP contribution >= 0.6 is 27.5 Å². The first-order chi connectivity index (χ1) is 6.63. The van der Waals surface area contributed by atoms with Crippen molar-refractivity contribution in [3.8, 4) is 0 Å². The Morgan fingerprint density at radius 1 is 1.29 bits per heavy atom. The molecule has 3 heteroatoms. The van der Waals surface area contributed by atoms with Gasteiger partial charge >= 0.3 is 0 Å². The third kappa shape index (κ3) is 1.71. The Hall–Kier alpha value is -0.0500. The van der Waals surface area contributed by atoms with Crippen molar-refractivity contribution >= 4 is 27.5 Å². The molecule has 0 atom stereocenters. The van der Waals surface area contributed by atoms with Gasteiger partial charge in [-0.25, -0.2) is 0 Å². The molecule has 0 radical (unpaired) electrons. The zero-order chi connectivity index (χ0) is 10.2. The van der Waals surface area contributed by atoms with Crippen molar-refractivity contribution < 1.29 is 0 Å². The van der Waals surface area contributed by atoms with E-state index in [2.05, 4.69) is 15.9 Å². The van der Waals surface area contributed by atoms with Gasteiger partial charge in [0.05, 0.1) is 0 Å². The van der Waals surface area contributed by atoms with Crippen molar-refractivity contribution in [2.24, 2.45) is 5.73 Å². The molecular formula is C11H13BrClN. The first-order valence-electron chi connectivity index (χ1n) is 4.87. The lowest BCUT2D eigenvalue weighted by Crippen LogP contribution is -2.33. The van der Waals surface area contributed by atoms with Crippen molar-refractivity contribution in [3.05, 3.63) is 33.3 Å². The van der Waals surface area contributed by atoms with E-state index in [0.29, 0.717) is 0 Å². The third-order valence-corrected chi connectivity index (χ3v) is 3.93. The Kier molecular flexibility index (Phi) is 2.87. The monoisotopic (exact) mass is 273 g/mol. The minimum absolute atomic E-state index is 0.211. The second kappa shape index (κ2) is 3.84. The maximum atomic E-state index is 6.37. The lowest BCUT2D eigenvalue weighted by molar-refractivity contribution is 0.460. The fraction of sp³-hybridized carbons (Fsp3) is 0.455. The number of halogens is 2. The summed E-state index contributed by atoms with van der Waals surface area (Å²) < 4.78 is 1.04. The topological polar surface area (TPSA) is 26.0 Å². The molecule has 2 rings (SSSR count). The molecule has 0 saturated heterocycles. The predicted molar refractivity (Wildman–Crippen MR) is 63.5 cm³/mol. The summed E-state index contributed by atoms with van der Waals surface area (Å²) in [5.41, 5.74) is 7.24. The molecule has 0 bridgehead atoms. The van der Waals surface area contributed by atoms with Gasteiger partial charge in [-0.2, -0.15) is 0 Å². The average molecular weight is 275 g/mol. The van der Waals surface area contributed by atoms with E-state index in [4.69, 9.17) is 17.3 Å². The van der Waals surface area contributed by atoms with Crippen LogP contribution in [0.3, 0.4) is 0 Å². The van der Waals surface area contributed by atoms with Crippen molar-refractivity contribution in [2.45, 2.75) is 31.2 Å². The maximum absolute atomic E-state index is 6.37. The first kappa shape index (κ1) is 10.5. The summed E-state index contributed by atoms with van der Waals surface area (Å²) in [6.45, 7) is 0. The summed E-state index contributed by atoms with van der Waals surface area (Å²) in [5, 5.41) is 0.781. The smallest absolute Gasteiger partial charge is 0.0467 e. The van der Waals surface area contributed by atoms with Gasteiger partial charge in [0, 0.05) is 20.6 Å². The molecule has 0 spiro atoms. The third-order valence-electron chi connectivity index (χ3n) is 2.96. The normalized spacial score (nSPS) is 19.9. The van der Waals surface area contributed by atoms with Crippen LogP contribution in [0.5, 0.6) is 0 Å². The standard InChI is InChI=1S/C11H13BrClN/c12-8-4-3-5-9(13)10(8)11(14)6-1-2-7-11/h3-5H,1-2,6-7,14H2. The SMILES string of the molecule is NC1(c2c(Cl)cccc2Br)CCCC1. The number of hydrogen-bond acceptors (Lipinski definition) is 1. The second-order valence-electron chi connectivity index (χ2n) is 3.96. The van der Waals surface area contributed by atoms with Crippen LogP contribution < -0.4 is 5.73 Å². The number of rotatable bonds is 1. The molecule has 0 unspecified atom stereocenters. The minimum atomic E-state index is -0.211. The summed E-state index contributed by atoms with van der Waals surface area (Å²) >= 11 is 9.72. The van der Waals surface area contributed by atoms with E-state index >= 15 is 0 Å². The lowest BCUT2D eigenvalue weighted by atomic mass is 9.89. The quantitative estimate of drug-likeness (QED) is 0.827. The molecule has 1 aromatic carbocycles. The average Bonchev–Trinajstić information content (AvgIpc) is 2.52. The summed E-state index contributed by atoms with van der Waals surface area (Å²) in [5.74, 6) is 0. The molecule has 1 fully saturated rings. The molecular weight excluding hydrogens is 261 g/mol. The molecule has 14 heavy (non-hydrogen) atoms. The van der Waals surface area contributed by atoms with Gasteiger partial charge < -0.3 is 5.73 Å². The molecule has 2 N–H and O–H groups in total. The van der Waals surface area contributed by atoms with Crippen LogP contribution in [0.1, 0.15) is 31.2 Å². The van der Waals surface area contributed by atoms with Crippen LogP contribution in [0.25, 0.3) is 0 Å². The van der Waals surface area contributed by atoms with E-state index in [9.17, 15) is 0 Å². The molecule has 1 aliphatic rings. The Bertz CT molecular complexity index is 325. The Morgan fingerprint density at radius 3 is 2.50 bits per heavy atom. The van der Waals surface area contributed by atoms with Crippen LogP contribution in [0, 0.1) is 0 Å². The summed E-state index contributed by atoms with van der Waals surface area (Å²) in [6, 6.07) is 5.86. The molecule has 1 nitrogen and oxygen atoms in total. The van der Waals surface area contributed by atoms with Gasteiger partial charge in [-0.05, 0) is 25.0 Å². The van der Waals surface area contributed by atoms with Crippen molar-refractivity contribution in [3.63, 3.8) is 0 Å². The van der Waals surface area contributed by atoms with Gasteiger partial charge in [-0.3, -0.25) is 0 Å². The minimum Gasteiger partial charge on any atom is -0.321 e. The Labute approximate surface area is 97.8 Å². The molecule has 0 heterocycles. The predicted octanol–water partition coefficient (Wildman–Crippen LogP) is 3.83. The van der Waals surface area contributed by atoms with E-state index < -0.39 is 0 Å². The van der Waals surface area contributed by atoms with Gasteiger partial charge in [-0.15, -0.1) is 0 Å². The van der Waals surface area contributed by atoms with Crippen LogP contribution in [-0.4, -0.2) is 0 Å². The van der Waals surface area contributed by atoms with E-state index in [-0.39, 0.29) is 5.54 Å². The molecule has 0 amide bonds. The summed E-state index contributed by atoms with van der Waals surface area (Å²) in [6.07, 6.45) is 4.48. The lowest BCUT2D eigenvalue weighted by Gasteiger charge is -2.26. The Balaban J connectivity index is 2.49. The summed E-state index contributed by atoms with van der Waals surface area (Å²) in [7, 11) is 0. The van der Waals surface area contributed by atoms with Gasteiger partial charge in [-0.1, -0.05) is 46.4 Å². The largest absolute Gasteiger partial charge is 0.321 e. The molecule has 0 aliphatic heterocycles. The van der Waals surface area contributed by atoms with Crippen LogP contribution in [0.4, 0.5) is 0 Å². The summed E-state index contributed by atoms with van der Waals surface area (Å²) in [4.78, 5) is 0. The number of benzene rings is 1.